The molecule has 0 aliphatic carbocycles. The van der Waals surface area contributed by atoms with Crippen LogP contribution >= 0.6 is 7.82 Å². The van der Waals surface area contributed by atoms with Gasteiger partial charge in [-0.3, -0.25) is 13.8 Å². The summed E-state index contributed by atoms with van der Waals surface area (Å²) in [5.74, 6) is -0.297. The Morgan fingerprint density at radius 3 is 1.48 bits per heavy atom. The first kappa shape index (κ1) is 48.8. The van der Waals surface area contributed by atoms with E-state index in [4.69, 9.17) is 24.3 Å². The van der Waals surface area contributed by atoms with Gasteiger partial charge in [0.25, 0.3) is 0 Å². The molecule has 0 spiro atoms. The predicted molar refractivity (Wildman–Crippen MR) is 210 cm³/mol. The summed E-state index contributed by atoms with van der Waals surface area (Å²) < 4.78 is 33.2. The maximum absolute atomic E-state index is 12.4. The molecule has 0 saturated carbocycles. The molecular formula is C41H80NO7P. The van der Waals surface area contributed by atoms with Crippen molar-refractivity contribution in [2.24, 2.45) is 5.73 Å². The van der Waals surface area contributed by atoms with Crippen LogP contribution < -0.4 is 5.73 Å². The average Bonchev–Trinajstić information content (AvgIpc) is 3.11. The van der Waals surface area contributed by atoms with Crippen LogP contribution in [0.25, 0.3) is 0 Å². The fourth-order valence-electron chi connectivity index (χ4n) is 5.80. The van der Waals surface area contributed by atoms with Gasteiger partial charge in [0.2, 0.25) is 0 Å². The number of allylic oxidation sites excluding steroid dienone is 3. The standard InChI is InChI=1S/C41H80NO7P/c1-3-5-7-9-11-13-15-17-19-21-23-25-27-29-31-33-36-46-40(39-49-50(44,45)48-37-35-42)38-47-41(43)34-32-30-28-26-24-22-20-18-16-14-12-10-8-6-4-2/h18,20,33,36,40H,3-17,19,21-32,34-35,37-39,42H2,1-2H3,(H,44,45). The fourth-order valence-corrected chi connectivity index (χ4v) is 6.56. The van der Waals surface area contributed by atoms with Gasteiger partial charge in [-0.15, -0.1) is 0 Å². The quantitative estimate of drug-likeness (QED) is 0.0210. The number of unbranched alkanes of at least 4 members (excludes halogenated alkanes) is 25. The van der Waals surface area contributed by atoms with Crippen molar-refractivity contribution in [1.29, 1.82) is 0 Å². The van der Waals surface area contributed by atoms with Gasteiger partial charge < -0.3 is 20.1 Å². The Kier molecular flexibility index (Phi) is 38.1. The van der Waals surface area contributed by atoms with Crippen molar-refractivity contribution in [3.8, 4) is 0 Å². The first-order valence-electron chi connectivity index (χ1n) is 20.9. The van der Waals surface area contributed by atoms with E-state index in [0.29, 0.717) is 6.42 Å². The summed E-state index contributed by atoms with van der Waals surface area (Å²) in [6.45, 7) is 4.22. The van der Waals surface area contributed by atoms with E-state index in [9.17, 15) is 14.3 Å². The van der Waals surface area contributed by atoms with E-state index in [1.54, 1.807) is 6.26 Å². The van der Waals surface area contributed by atoms with E-state index in [1.165, 1.54) is 141 Å². The number of nitrogens with two attached hydrogens (primary N) is 1. The molecule has 0 aliphatic heterocycles. The first-order chi connectivity index (χ1) is 24.4. The minimum absolute atomic E-state index is 0.0655. The van der Waals surface area contributed by atoms with Crippen LogP contribution in [0, 0.1) is 0 Å². The van der Waals surface area contributed by atoms with Gasteiger partial charge in [0.1, 0.15) is 6.61 Å². The Morgan fingerprint density at radius 2 is 1.02 bits per heavy atom. The van der Waals surface area contributed by atoms with Gasteiger partial charge in [0.05, 0.1) is 19.5 Å². The van der Waals surface area contributed by atoms with Gasteiger partial charge in [-0.25, -0.2) is 4.57 Å². The molecule has 3 N–H and O–H groups in total. The van der Waals surface area contributed by atoms with Gasteiger partial charge in [0, 0.05) is 13.0 Å². The molecule has 0 aromatic rings. The van der Waals surface area contributed by atoms with Gasteiger partial charge >= 0.3 is 13.8 Å². The normalized spacial score (nSPS) is 13.7. The van der Waals surface area contributed by atoms with Crippen molar-refractivity contribution in [2.75, 3.05) is 26.4 Å². The number of ether oxygens (including phenoxy) is 2. The Morgan fingerprint density at radius 1 is 0.600 bits per heavy atom. The molecule has 50 heavy (non-hydrogen) atoms. The number of hydrogen-bond acceptors (Lipinski definition) is 7. The summed E-state index contributed by atoms with van der Waals surface area (Å²) in [4.78, 5) is 22.2. The molecule has 0 amide bonds. The lowest BCUT2D eigenvalue weighted by molar-refractivity contribution is -0.147. The van der Waals surface area contributed by atoms with Crippen LogP contribution in [0.4, 0.5) is 0 Å². The minimum Gasteiger partial charge on any atom is -0.492 e. The SMILES string of the molecule is CCCCCCCCC=CCCCCCCCC(=O)OCC(COP(=O)(O)OCCN)OC=CCCCCCCCCCCCCCCCC. The molecule has 0 saturated heterocycles. The highest BCUT2D eigenvalue weighted by Crippen LogP contribution is 2.43. The van der Waals surface area contributed by atoms with Crippen molar-refractivity contribution < 1.29 is 32.8 Å². The van der Waals surface area contributed by atoms with Crippen molar-refractivity contribution >= 4 is 13.8 Å². The summed E-state index contributed by atoms with van der Waals surface area (Å²) in [6, 6.07) is 0. The predicted octanol–water partition coefficient (Wildman–Crippen LogP) is 12.4. The van der Waals surface area contributed by atoms with Gasteiger partial charge in [0.15, 0.2) is 6.10 Å². The number of hydrogen-bond donors (Lipinski definition) is 2. The Balaban J connectivity index is 4.09. The molecule has 9 heteroatoms. The highest BCUT2D eigenvalue weighted by molar-refractivity contribution is 7.47. The van der Waals surface area contributed by atoms with Crippen LogP contribution in [0.15, 0.2) is 24.5 Å². The lowest BCUT2D eigenvalue weighted by Gasteiger charge is -2.19. The molecule has 8 nitrogen and oxygen atoms in total. The molecule has 0 aromatic carbocycles. The molecule has 296 valence electrons. The molecule has 0 aromatic heterocycles. The maximum Gasteiger partial charge on any atom is 0.472 e. The largest absolute Gasteiger partial charge is 0.492 e. The summed E-state index contributed by atoms with van der Waals surface area (Å²) >= 11 is 0. The Bertz CT molecular complexity index is 823. The maximum atomic E-state index is 12.4. The topological polar surface area (TPSA) is 117 Å². The summed E-state index contributed by atoms with van der Waals surface area (Å²) in [7, 11) is -4.26. The summed E-state index contributed by atoms with van der Waals surface area (Å²) in [5, 5.41) is 0. The van der Waals surface area contributed by atoms with Crippen LogP contribution in [0.2, 0.25) is 0 Å². The second-order valence-corrected chi connectivity index (χ2v) is 15.4. The van der Waals surface area contributed by atoms with Crippen molar-refractivity contribution in [3.63, 3.8) is 0 Å². The highest BCUT2D eigenvalue weighted by atomic mass is 31.2. The van der Waals surface area contributed by atoms with Gasteiger partial charge in [-0.1, -0.05) is 161 Å². The molecule has 0 rings (SSSR count). The van der Waals surface area contributed by atoms with Crippen molar-refractivity contribution in [1.82, 2.24) is 0 Å². The third-order valence-corrected chi connectivity index (χ3v) is 9.94. The second-order valence-electron chi connectivity index (χ2n) is 13.9. The molecule has 0 aliphatic rings. The van der Waals surface area contributed by atoms with E-state index < -0.39 is 13.9 Å². The number of carbonyl (C=O) groups is 1. The minimum atomic E-state index is -4.26. The summed E-state index contributed by atoms with van der Waals surface area (Å²) in [6.07, 6.45) is 42.9. The number of carbonyl (C=O) groups excluding carboxylic acids is 1. The first-order valence-corrected chi connectivity index (χ1v) is 22.4. The van der Waals surface area contributed by atoms with E-state index in [0.717, 1.165) is 38.5 Å². The monoisotopic (exact) mass is 730 g/mol. The van der Waals surface area contributed by atoms with Crippen LogP contribution in [0.5, 0.6) is 0 Å². The lowest BCUT2D eigenvalue weighted by Crippen LogP contribution is -2.25. The molecule has 2 atom stereocenters. The van der Waals surface area contributed by atoms with Gasteiger partial charge in [-0.05, 0) is 51.0 Å². The number of phosphoric ester groups is 1. The number of rotatable bonds is 40. The average molecular weight is 730 g/mol. The van der Waals surface area contributed by atoms with Crippen LogP contribution in [0.3, 0.4) is 0 Å². The van der Waals surface area contributed by atoms with Gasteiger partial charge in [-0.2, -0.15) is 0 Å². The Labute approximate surface area is 308 Å². The van der Waals surface area contributed by atoms with Crippen molar-refractivity contribution in [2.45, 2.75) is 206 Å². The van der Waals surface area contributed by atoms with E-state index in [-0.39, 0.29) is 32.3 Å². The summed E-state index contributed by atoms with van der Waals surface area (Å²) in [5.41, 5.74) is 5.36. The molecular weight excluding hydrogens is 649 g/mol. The number of esters is 1. The lowest BCUT2D eigenvalue weighted by atomic mass is 10.0. The molecule has 0 bridgehead atoms. The zero-order valence-corrected chi connectivity index (χ0v) is 33.5. The van der Waals surface area contributed by atoms with Crippen LogP contribution in [-0.4, -0.2) is 43.3 Å². The number of phosphoric acid groups is 1. The molecule has 0 heterocycles. The van der Waals surface area contributed by atoms with E-state index >= 15 is 0 Å². The Hall–Kier alpha value is -1.18. The third-order valence-electron chi connectivity index (χ3n) is 8.96. The van der Waals surface area contributed by atoms with Crippen LogP contribution in [-0.2, 0) is 27.9 Å². The van der Waals surface area contributed by atoms with E-state index in [2.05, 4.69) is 26.0 Å². The zero-order valence-electron chi connectivity index (χ0n) is 32.6. The molecule has 2 unspecified atom stereocenters. The highest BCUT2D eigenvalue weighted by Gasteiger charge is 2.24. The third kappa shape index (κ3) is 38.1. The molecule has 0 radical (unpaired) electrons. The molecule has 0 fully saturated rings. The smallest absolute Gasteiger partial charge is 0.472 e. The van der Waals surface area contributed by atoms with Crippen LogP contribution in [0.1, 0.15) is 200 Å². The van der Waals surface area contributed by atoms with E-state index in [1.807, 2.05) is 6.08 Å². The zero-order chi connectivity index (χ0) is 36.6. The van der Waals surface area contributed by atoms with Crippen molar-refractivity contribution in [3.05, 3.63) is 24.5 Å². The second kappa shape index (κ2) is 39.0. The fraction of sp³-hybridized carbons (Fsp3) is 0.878.